The van der Waals surface area contributed by atoms with Crippen molar-refractivity contribution in [3.63, 3.8) is 0 Å². The summed E-state index contributed by atoms with van der Waals surface area (Å²) >= 11 is 1.50. The molecule has 3 N–H and O–H groups in total. The number of primary amides is 1. The lowest BCUT2D eigenvalue weighted by atomic mass is 10.1. The summed E-state index contributed by atoms with van der Waals surface area (Å²) in [6.45, 7) is 3.09. The normalized spacial score (nSPS) is 11.7. The Bertz CT molecular complexity index is 714. The average Bonchev–Trinajstić information content (AvgIpc) is 3.13. The van der Waals surface area contributed by atoms with Crippen molar-refractivity contribution < 1.29 is 9.59 Å². The van der Waals surface area contributed by atoms with Crippen LogP contribution in [0.1, 0.15) is 29.8 Å². The maximum atomic E-state index is 12.8. The van der Waals surface area contributed by atoms with Gasteiger partial charge in [0, 0.05) is 37.7 Å². The van der Waals surface area contributed by atoms with Crippen molar-refractivity contribution in [1.29, 1.82) is 0 Å². The largest absolute Gasteiger partial charge is 0.378 e. The van der Waals surface area contributed by atoms with Gasteiger partial charge >= 0.3 is 6.03 Å². The summed E-state index contributed by atoms with van der Waals surface area (Å²) in [6, 6.07) is 10.9. The van der Waals surface area contributed by atoms with Crippen LogP contribution in [0.15, 0.2) is 41.8 Å². The second kappa shape index (κ2) is 9.24. The molecule has 0 radical (unpaired) electrons. The van der Waals surface area contributed by atoms with Gasteiger partial charge in [-0.05, 0) is 36.1 Å². The molecule has 0 saturated heterocycles. The lowest BCUT2D eigenvalue weighted by molar-refractivity contribution is -0.132. The molecule has 0 aliphatic rings. The van der Waals surface area contributed by atoms with Crippen LogP contribution in [0.25, 0.3) is 0 Å². The fourth-order valence-electron chi connectivity index (χ4n) is 2.68. The molecular weight excluding hydrogens is 348 g/mol. The van der Waals surface area contributed by atoms with Crippen LogP contribution in [0.5, 0.6) is 0 Å². The van der Waals surface area contributed by atoms with Crippen molar-refractivity contribution in [1.82, 2.24) is 10.2 Å². The molecule has 1 atom stereocenters. The molecule has 3 amide bonds. The zero-order valence-corrected chi connectivity index (χ0v) is 16.3. The smallest absolute Gasteiger partial charge is 0.312 e. The van der Waals surface area contributed by atoms with Crippen LogP contribution in [-0.4, -0.2) is 37.5 Å². The number of rotatable bonds is 8. The molecule has 7 heteroatoms. The highest BCUT2D eigenvalue weighted by molar-refractivity contribution is 7.10. The highest BCUT2D eigenvalue weighted by Gasteiger charge is 2.21. The maximum Gasteiger partial charge on any atom is 0.312 e. The fourth-order valence-corrected chi connectivity index (χ4v) is 3.46. The molecule has 0 fully saturated rings. The van der Waals surface area contributed by atoms with Gasteiger partial charge in [-0.2, -0.15) is 0 Å². The Balaban J connectivity index is 2.05. The molecule has 0 spiro atoms. The maximum absolute atomic E-state index is 12.8. The number of hydrogen-bond acceptors (Lipinski definition) is 4. The molecule has 1 aromatic heterocycles. The second-order valence-corrected chi connectivity index (χ2v) is 7.23. The minimum Gasteiger partial charge on any atom is -0.378 e. The number of benzene rings is 1. The molecule has 26 heavy (non-hydrogen) atoms. The molecule has 2 aromatic rings. The van der Waals surface area contributed by atoms with Crippen LogP contribution in [0, 0.1) is 0 Å². The van der Waals surface area contributed by atoms with Gasteiger partial charge < -0.3 is 20.9 Å². The van der Waals surface area contributed by atoms with Crippen LogP contribution in [0.2, 0.25) is 0 Å². The van der Waals surface area contributed by atoms with E-state index in [1.54, 1.807) is 4.90 Å². The Hall–Kier alpha value is -2.54. The number of nitrogens with one attached hydrogen (secondary N) is 1. The van der Waals surface area contributed by atoms with Crippen LogP contribution < -0.4 is 16.0 Å². The zero-order valence-electron chi connectivity index (χ0n) is 15.4. The van der Waals surface area contributed by atoms with E-state index in [0.29, 0.717) is 13.1 Å². The van der Waals surface area contributed by atoms with E-state index in [9.17, 15) is 9.59 Å². The summed E-state index contributed by atoms with van der Waals surface area (Å²) in [4.78, 5) is 28.8. The summed E-state index contributed by atoms with van der Waals surface area (Å²) in [7, 11) is 3.99. The SMILES string of the molecule is CCN(Cc1ccc(N(C)C)cc1)C(=O)CC(NC(N)=O)c1cccs1. The molecule has 1 aromatic carbocycles. The fraction of sp³-hybridized carbons (Fsp3) is 0.368. The van der Waals surface area contributed by atoms with E-state index < -0.39 is 12.1 Å². The van der Waals surface area contributed by atoms with E-state index in [0.717, 1.165) is 16.1 Å². The highest BCUT2D eigenvalue weighted by atomic mass is 32.1. The Morgan fingerprint density at radius 3 is 2.38 bits per heavy atom. The van der Waals surface area contributed by atoms with E-state index in [-0.39, 0.29) is 12.3 Å². The van der Waals surface area contributed by atoms with Crippen molar-refractivity contribution in [3.8, 4) is 0 Å². The van der Waals surface area contributed by atoms with Gasteiger partial charge in [-0.25, -0.2) is 4.79 Å². The third kappa shape index (κ3) is 5.49. The summed E-state index contributed by atoms with van der Waals surface area (Å²) in [5, 5.41) is 4.59. The van der Waals surface area contributed by atoms with Gasteiger partial charge in [0.15, 0.2) is 0 Å². The molecule has 1 unspecified atom stereocenters. The van der Waals surface area contributed by atoms with Crippen molar-refractivity contribution in [2.24, 2.45) is 5.73 Å². The van der Waals surface area contributed by atoms with Gasteiger partial charge in [-0.3, -0.25) is 4.79 Å². The van der Waals surface area contributed by atoms with Crippen LogP contribution in [0.4, 0.5) is 10.5 Å². The van der Waals surface area contributed by atoms with E-state index >= 15 is 0 Å². The number of carbonyl (C=O) groups is 2. The molecule has 6 nitrogen and oxygen atoms in total. The second-order valence-electron chi connectivity index (χ2n) is 6.25. The van der Waals surface area contributed by atoms with Crippen LogP contribution >= 0.6 is 11.3 Å². The Labute approximate surface area is 158 Å². The molecule has 2 rings (SSSR count). The molecule has 0 aliphatic carbocycles. The minimum atomic E-state index is -0.626. The number of urea groups is 1. The molecular formula is C19H26N4O2S. The minimum absolute atomic E-state index is 0.0173. The zero-order chi connectivity index (χ0) is 19.1. The lowest BCUT2D eigenvalue weighted by Gasteiger charge is -2.24. The first-order valence-electron chi connectivity index (χ1n) is 8.54. The quantitative estimate of drug-likeness (QED) is 0.746. The van der Waals surface area contributed by atoms with Crippen molar-refractivity contribution in [2.45, 2.75) is 25.9 Å². The highest BCUT2D eigenvalue weighted by Crippen LogP contribution is 2.23. The van der Waals surface area contributed by atoms with Gasteiger partial charge in [0.2, 0.25) is 5.91 Å². The number of hydrogen-bond donors (Lipinski definition) is 2. The third-order valence-electron chi connectivity index (χ3n) is 4.14. The van der Waals surface area contributed by atoms with Crippen molar-refractivity contribution in [3.05, 3.63) is 52.2 Å². The van der Waals surface area contributed by atoms with E-state index in [2.05, 4.69) is 5.32 Å². The molecule has 0 saturated carbocycles. The predicted octanol–water partition coefficient (Wildman–Crippen LogP) is 2.96. The monoisotopic (exact) mass is 374 g/mol. The van der Waals surface area contributed by atoms with E-state index in [4.69, 9.17) is 5.73 Å². The standard InChI is InChI=1S/C19H26N4O2S/c1-4-23(13-14-7-9-15(10-8-14)22(2)3)18(24)12-16(21-19(20)25)17-6-5-11-26-17/h5-11,16H,4,12-13H2,1-3H3,(H3,20,21,25). The summed E-state index contributed by atoms with van der Waals surface area (Å²) in [5.41, 5.74) is 7.46. The Morgan fingerprint density at radius 1 is 1.19 bits per heavy atom. The van der Waals surface area contributed by atoms with Crippen molar-refractivity contribution >= 4 is 29.0 Å². The number of thiophene rings is 1. The number of amides is 3. The van der Waals surface area contributed by atoms with E-state index in [1.165, 1.54) is 11.3 Å². The lowest BCUT2D eigenvalue weighted by Crippen LogP contribution is -2.38. The third-order valence-corrected chi connectivity index (χ3v) is 5.13. The summed E-state index contributed by atoms with van der Waals surface area (Å²) in [6.07, 6.45) is 0.188. The molecule has 1 heterocycles. The van der Waals surface area contributed by atoms with Gasteiger partial charge in [0.05, 0.1) is 12.5 Å². The van der Waals surface area contributed by atoms with Crippen LogP contribution in [-0.2, 0) is 11.3 Å². The average molecular weight is 375 g/mol. The predicted molar refractivity (Wildman–Crippen MR) is 106 cm³/mol. The number of nitrogens with two attached hydrogens (primary N) is 1. The number of anilines is 1. The summed E-state index contributed by atoms with van der Waals surface area (Å²) < 4.78 is 0. The summed E-state index contributed by atoms with van der Waals surface area (Å²) in [5.74, 6) is -0.0173. The van der Waals surface area contributed by atoms with Gasteiger partial charge in [0.1, 0.15) is 0 Å². The molecule has 0 aliphatic heterocycles. The number of carbonyl (C=O) groups excluding carboxylic acids is 2. The van der Waals surface area contributed by atoms with Crippen LogP contribution in [0.3, 0.4) is 0 Å². The molecule has 0 bridgehead atoms. The first-order chi connectivity index (χ1) is 12.4. The Morgan fingerprint density at radius 2 is 1.88 bits per heavy atom. The van der Waals surface area contributed by atoms with Crippen molar-refractivity contribution in [2.75, 3.05) is 25.5 Å². The van der Waals surface area contributed by atoms with Gasteiger partial charge in [0.25, 0.3) is 0 Å². The molecule has 140 valence electrons. The van der Waals surface area contributed by atoms with Gasteiger partial charge in [-0.1, -0.05) is 18.2 Å². The van der Waals surface area contributed by atoms with Gasteiger partial charge in [-0.15, -0.1) is 11.3 Å². The Kier molecular flexibility index (Phi) is 7.03. The number of nitrogens with zero attached hydrogens (tertiary/aromatic N) is 2. The first kappa shape index (κ1) is 19.8. The van der Waals surface area contributed by atoms with E-state index in [1.807, 2.05) is 67.7 Å². The topological polar surface area (TPSA) is 78.7 Å². The first-order valence-corrected chi connectivity index (χ1v) is 9.42.